The molecule has 0 aliphatic rings. The van der Waals surface area contributed by atoms with Crippen LogP contribution in [0.5, 0.6) is 17.4 Å². The quantitative estimate of drug-likeness (QED) is 0.204. The summed E-state index contributed by atoms with van der Waals surface area (Å²) < 4.78 is 72.4. The minimum absolute atomic E-state index is 0.0189. The lowest BCUT2D eigenvalue weighted by molar-refractivity contribution is -0.0683. The van der Waals surface area contributed by atoms with Crippen molar-refractivity contribution in [3.8, 4) is 34.3 Å². The second kappa shape index (κ2) is 11.5. The van der Waals surface area contributed by atoms with Crippen molar-refractivity contribution < 1.29 is 36.6 Å². The van der Waals surface area contributed by atoms with Gasteiger partial charge in [-0.1, -0.05) is 30.3 Å². The van der Waals surface area contributed by atoms with Gasteiger partial charge in [-0.3, -0.25) is 0 Å². The lowest BCUT2D eigenvalue weighted by Crippen LogP contribution is -2.20. The number of amides is 1. The van der Waals surface area contributed by atoms with E-state index in [4.69, 9.17) is 19.9 Å². The molecule has 0 spiro atoms. The van der Waals surface area contributed by atoms with Gasteiger partial charge in [-0.2, -0.15) is 9.37 Å². The van der Waals surface area contributed by atoms with E-state index in [1.165, 1.54) is 28.8 Å². The van der Waals surface area contributed by atoms with Crippen LogP contribution < -0.4 is 19.9 Å². The van der Waals surface area contributed by atoms with E-state index < -0.39 is 30.6 Å². The fraction of sp³-hybridized carbons (Fsp3) is 0.138. The number of aromatic nitrogens is 3. The monoisotopic (exact) mass is 566 g/mol. The Bertz CT molecular complexity index is 1700. The number of aryl methyl sites for hydroxylation is 1. The molecule has 0 aliphatic heterocycles. The largest absolute Gasteiger partial charge is 0.486 e. The summed E-state index contributed by atoms with van der Waals surface area (Å²) in [7, 11) is 0. The molecule has 0 fully saturated rings. The standard InChI is InChI=1S/C29H22F4N4O4/c1-16-23-25(28(36-15-35-23)41-27(33)26(31)32)37(24(16)18-7-10-20(11-8-18)40-29(34)38)19-9-12-22(21(30)13-19)39-14-17-5-3-2-4-6-17/h2-13,15,26-27H,14H2,1H3,(H2,34,38). The molecule has 2 N–H and O–H groups in total. The first kappa shape index (κ1) is 27.4. The number of carbonyl (C=O) groups excluding carboxylic acids is 1. The molecule has 0 aliphatic carbocycles. The van der Waals surface area contributed by atoms with Gasteiger partial charge in [0.1, 0.15) is 24.2 Å². The Balaban J connectivity index is 1.64. The van der Waals surface area contributed by atoms with Crippen LogP contribution in [0.25, 0.3) is 28.0 Å². The second-order valence-corrected chi connectivity index (χ2v) is 8.82. The molecular weight excluding hydrogens is 544 g/mol. The number of alkyl halides is 3. The van der Waals surface area contributed by atoms with Crippen LogP contribution >= 0.6 is 0 Å². The van der Waals surface area contributed by atoms with Crippen LogP contribution in [0.15, 0.2) is 79.1 Å². The second-order valence-electron chi connectivity index (χ2n) is 8.82. The molecule has 12 heteroatoms. The molecule has 2 aromatic heterocycles. The summed E-state index contributed by atoms with van der Waals surface area (Å²) in [6.07, 6.45) is -6.33. The summed E-state index contributed by atoms with van der Waals surface area (Å²) in [5.41, 5.74) is 7.97. The number of hydrogen-bond donors (Lipinski definition) is 1. The van der Waals surface area contributed by atoms with E-state index in [1.54, 1.807) is 25.1 Å². The highest BCUT2D eigenvalue weighted by Crippen LogP contribution is 2.39. The average molecular weight is 567 g/mol. The van der Waals surface area contributed by atoms with Gasteiger partial charge in [0, 0.05) is 17.3 Å². The molecule has 0 bridgehead atoms. The van der Waals surface area contributed by atoms with E-state index in [1.807, 2.05) is 30.3 Å². The van der Waals surface area contributed by atoms with E-state index in [-0.39, 0.29) is 34.8 Å². The molecule has 0 saturated heterocycles. The Morgan fingerprint density at radius 2 is 1.73 bits per heavy atom. The Kier molecular flexibility index (Phi) is 7.72. The zero-order valence-electron chi connectivity index (χ0n) is 21.4. The Morgan fingerprint density at radius 3 is 2.39 bits per heavy atom. The van der Waals surface area contributed by atoms with Crippen molar-refractivity contribution in [2.75, 3.05) is 0 Å². The normalized spacial score (nSPS) is 12.0. The van der Waals surface area contributed by atoms with Crippen LogP contribution in [-0.4, -0.2) is 33.4 Å². The summed E-state index contributed by atoms with van der Waals surface area (Å²) in [6.45, 7) is 1.83. The van der Waals surface area contributed by atoms with Gasteiger partial charge in [0.15, 0.2) is 11.6 Å². The van der Waals surface area contributed by atoms with Gasteiger partial charge >= 0.3 is 12.5 Å². The Hall–Kier alpha value is -5.13. The van der Waals surface area contributed by atoms with E-state index in [0.29, 0.717) is 16.8 Å². The molecule has 8 nitrogen and oxygen atoms in total. The van der Waals surface area contributed by atoms with Crippen molar-refractivity contribution >= 4 is 17.1 Å². The van der Waals surface area contributed by atoms with Gasteiger partial charge in [-0.15, -0.1) is 0 Å². The van der Waals surface area contributed by atoms with Gasteiger partial charge in [0.05, 0.1) is 11.2 Å². The number of fused-ring (bicyclic) bond motifs is 1. The smallest absolute Gasteiger partial charge is 0.409 e. The molecule has 1 amide bonds. The van der Waals surface area contributed by atoms with Crippen molar-refractivity contribution in [3.63, 3.8) is 0 Å². The van der Waals surface area contributed by atoms with E-state index in [2.05, 4.69) is 9.97 Å². The fourth-order valence-electron chi connectivity index (χ4n) is 4.36. The summed E-state index contributed by atoms with van der Waals surface area (Å²) in [6, 6.07) is 19.5. The van der Waals surface area contributed by atoms with Gasteiger partial charge in [0.25, 0.3) is 6.36 Å². The molecule has 1 unspecified atom stereocenters. The molecule has 3 aromatic carbocycles. The fourth-order valence-corrected chi connectivity index (χ4v) is 4.36. The van der Waals surface area contributed by atoms with Crippen LogP contribution in [0.3, 0.4) is 0 Å². The third-order valence-electron chi connectivity index (χ3n) is 6.13. The van der Waals surface area contributed by atoms with Crippen molar-refractivity contribution in [1.82, 2.24) is 14.5 Å². The summed E-state index contributed by atoms with van der Waals surface area (Å²) >= 11 is 0. The van der Waals surface area contributed by atoms with Gasteiger partial charge in [-0.25, -0.2) is 22.9 Å². The van der Waals surface area contributed by atoms with Crippen molar-refractivity contribution in [3.05, 3.63) is 96.1 Å². The van der Waals surface area contributed by atoms with E-state index in [9.17, 15) is 18.0 Å². The molecule has 1 atom stereocenters. The van der Waals surface area contributed by atoms with Gasteiger partial charge in [0.2, 0.25) is 5.88 Å². The minimum atomic E-state index is -3.43. The maximum Gasteiger partial charge on any atom is 0.409 e. The number of nitrogens with two attached hydrogens (primary N) is 1. The molecule has 5 rings (SSSR count). The highest BCUT2D eigenvalue weighted by atomic mass is 19.3. The number of hydrogen-bond acceptors (Lipinski definition) is 6. The zero-order valence-corrected chi connectivity index (χ0v) is 21.4. The first-order chi connectivity index (χ1) is 19.7. The number of halogens is 4. The highest BCUT2D eigenvalue weighted by Gasteiger charge is 2.27. The lowest BCUT2D eigenvalue weighted by atomic mass is 10.1. The molecule has 210 valence electrons. The first-order valence-corrected chi connectivity index (χ1v) is 12.2. The topological polar surface area (TPSA) is 101 Å². The number of carbonyl (C=O) groups is 1. The van der Waals surface area contributed by atoms with E-state index in [0.717, 1.165) is 11.9 Å². The molecule has 5 aromatic rings. The average Bonchev–Trinajstić information content (AvgIpc) is 3.26. The molecule has 0 saturated carbocycles. The molecule has 41 heavy (non-hydrogen) atoms. The predicted molar refractivity (Wildman–Crippen MR) is 142 cm³/mol. The van der Waals surface area contributed by atoms with Crippen molar-refractivity contribution in [2.45, 2.75) is 26.3 Å². The number of benzene rings is 3. The van der Waals surface area contributed by atoms with E-state index >= 15 is 4.39 Å². The third kappa shape index (κ3) is 5.76. The maximum atomic E-state index is 15.4. The van der Waals surface area contributed by atoms with Crippen LogP contribution in [0.2, 0.25) is 0 Å². The van der Waals surface area contributed by atoms with Crippen molar-refractivity contribution in [2.24, 2.45) is 5.73 Å². The zero-order chi connectivity index (χ0) is 29.1. The molecule has 0 radical (unpaired) electrons. The number of ether oxygens (including phenoxy) is 3. The van der Waals surface area contributed by atoms with Crippen LogP contribution in [0.4, 0.5) is 22.4 Å². The van der Waals surface area contributed by atoms with Crippen LogP contribution in [-0.2, 0) is 6.61 Å². The minimum Gasteiger partial charge on any atom is -0.486 e. The highest BCUT2D eigenvalue weighted by molar-refractivity contribution is 5.93. The Labute approximate surface area is 230 Å². The van der Waals surface area contributed by atoms with Crippen LogP contribution in [0.1, 0.15) is 11.1 Å². The summed E-state index contributed by atoms with van der Waals surface area (Å²) in [5.74, 6) is -1.01. The maximum absolute atomic E-state index is 15.4. The predicted octanol–water partition coefficient (Wildman–Crippen LogP) is 6.51. The SMILES string of the molecule is Cc1c(-c2ccc(OC(N)=O)cc2)n(-c2ccc(OCc3ccccc3)c(F)c2)c2c(OC(F)C(F)F)ncnc12. The molecule has 2 heterocycles. The molecular formula is C29H22F4N4O4. The van der Waals surface area contributed by atoms with Gasteiger partial charge in [-0.05, 0) is 54.4 Å². The summed E-state index contributed by atoms with van der Waals surface area (Å²) in [4.78, 5) is 19.3. The van der Waals surface area contributed by atoms with Crippen molar-refractivity contribution in [1.29, 1.82) is 0 Å². The van der Waals surface area contributed by atoms with Gasteiger partial charge < -0.3 is 24.5 Å². The first-order valence-electron chi connectivity index (χ1n) is 12.2. The number of nitrogens with zero attached hydrogens (tertiary/aromatic N) is 3. The Morgan fingerprint density at radius 1 is 1.00 bits per heavy atom. The third-order valence-corrected chi connectivity index (χ3v) is 6.13. The summed E-state index contributed by atoms with van der Waals surface area (Å²) in [5, 5.41) is 0. The number of primary amides is 1. The number of rotatable bonds is 9. The lowest BCUT2D eigenvalue weighted by Gasteiger charge is -2.16. The van der Waals surface area contributed by atoms with Crippen LogP contribution in [0, 0.1) is 12.7 Å².